The Morgan fingerprint density at radius 2 is 2.19 bits per heavy atom. The fourth-order valence-corrected chi connectivity index (χ4v) is 3.13. The number of piperidine rings is 1. The van der Waals surface area contributed by atoms with Crippen molar-refractivity contribution < 1.29 is 4.74 Å². The summed E-state index contributed by atoms with van der Waals surface area (Å²) in [7, 11) is 1.82. The van der Waals surface area contributed by atoms with E-state index in [4.69, 9.17) is 10.5 Å². The van der Waals surface area contributed by atoms with Crippen LogP contribution in [0, 0.1) is 6.92 Å². The van der Waals surface area contributed by atoms with Crippen molar-refractivity contribution in [3.8, 4) is 0 Å². The summed E-state index contributed by atoms with van der Waals surface area (Å²) in [5.41, 5.74) is 10.1. The number of anilines is 1. The van der Waals surface area contributed by atoms with E-state index in [0.717, 1.165) is 32.4 Å². The zero-order valence-corrected chi connectivity index (χ0v) is 14.0. The first-order valence-corrected chi connectivity index (χ1v) is 8.12. The zero-order valence-electron chi connectivity index (χ0n) is 14.0. The molecule has 0 spiro atoms. The molecule has 1 heterocycles. The van der Waals surface area contributed by atoms with E-state index in [1.165, 1.54) is 23.2 Å². The maximum atomic E-state index is 6.08. The molecule has 1 saturated heterocycles. The van der Waals surface area contributed by atoms with Crippen molar-refractivity contribution in [1.29, 1.82) is 0 Å². The van der Waals surface area contributed by atoms with E-state index in [0.29, 0.717) is 0 Å². The van der Waals surface area contributed by atoms with E-state index < -0.39 is 0 Å². The van der Waals surface area contributed by atoms with Gasteiger partial charge in [-0.2, -0.15) is 0 Å². The van der Waals surface area contributed by atoms with Crippen LogP contribution in [0.15, 0.2) is 18.2 Å². The lowest BCUT2D eigenvalue weighted by atomic mass is 9.93. The van der Waals surface area contributed by atoms with Crippen LogP contribution in [-0.4, -0.2) is 31.8 Å². The van der Waals surface area contributed by atoms with E-state index in [2.05, 4.69) is 43.9 Å². The minimum Gasteiger partial charge on any atom is -0.377 e. The number of methoxy groups -OCH3 is 1. The molecule has 1 aromatic carbocycles. The molecule has 0 bridgehead atoms. The Balaban J connectivity index is 2.12. The van der Waals surface area contributed by atoms with Crippen LogP contribution in [0.25, 0.3) is 0 Å². The molecule has 3 heteroatoms. The van der Waals surface area contributed by atoms with Crippen LogP contribution in [0.3, 0.4) is 0 Å². The third-order valence-corrected chi connectivity index (χ3v) is 4.85. The van der Waals surface area contributed by atoms with Gasteiger partial charge in [0.25, 0.3) is 0 Å². The Labute approximate surface area is 129 Å². The summed E-state index contributed by atoms with van der Waals surface area (Å²) in [6.45, 7) is 8.64. The number of hydrogen-bond acceptors (Lipinski definition) is 3. The highest BCUT2D eigenvalue weighted by molar-refractivity contribution is 5.51. The molecule has 3 nitrogen and oxygen atoms in total. The molecular weight excluding hydrogens is 260 g/mol. The number of rotatable bonds is 5. The van der Waals surface area contributed by atoms with E-state index >= 15 is 0 Å². The molecule has 1 aliphatic rings. The van der Waals surface area contributed by atoms with E-state index in [-0.39, 0.29) is 11.6 Å². The summed E-state index contributed by atoms with van der Waals surface area (Å²) >= 11 is 0. The summed E-state index contributed by atoms with van der Waals surface area (Å²) in [6.07, 6.45) is 4.33. The van der Waals surface area contributed by atoms with Crippen LogP contribution < -0.4 is 10.6 Å². The maximum Gasteiger partial charge on any atom is 0.0825 e. The number of nitrogens with two attached hydrogens (primary N) is 1. The molecule has 1 aliphatic heterocycles. The Bertz CT molecular complexity index is 474. The third-order valence-electron chi connectivity index (χ3n) is 4.85. The number of nitrogens with zero attached hydrogens (tertiary/aromatic N) is 1. The van der Waals surface area contributed by atoms with E-state index in [1.54, 1.807) is 0 Å². The molecule has 118 valence electrons. The van der Waals surface area contributed by atoms with Gasteiger partial charge < -0.3 is 15.4 Å². The zero-order chi connectivity index (χ0) is 15.5. The second kappa shape index (κ2) is 6.80. The van der Waals surface area contributed by atoms with Gasteiger partial charge in [0.05, 0.1) is 5.60 Å². The lowest BCUT2D eigenvalue weighted by Crippen LogP contribution is -2.47. The first kappa shape index (κ1) is 16.3. The van der Waals surface area contributed by atoms with Crippen molar-refractivity contribution in [2.45, 2.75) is 58.1 Å². The van der Waals surface area contributed by atoms with Gasteiger partial charge in [-0.15, -0.1) is 0 Å². The highest BCUT2D eigenvalue weighted by atomic mass is 16.5. The molecule has 1 fully saturated rings. The summed E-state index contributed by atoms with van der Waals surface area (Å²) in [5, 5.41) is 0. The van der Waals surface area contributed by atoms with Crippen LogP contribution in [0.2, 0.25) is 0 Å². The van der Waals surface area contributed by atoms with Gasteiger partial charge in [0.2, 0.25) is 0 Å². The van der Waals surface area contributed by atoms with Gasteiger partial charge >= 0.3 is 0 Å². The van der Waals surface area contributed by atoms with Crippen LogP contribution in [0.4, 0.5) is 5.69 Å². The van der Waals surface area contributed by atoms with Gasteiger partial charge in [0.1, 0.15) is 0 Å². The fraction of sp³-hybridized carbons (Fsp3) is 0.667. The van der Waals surface area contributed by atoms with Crippen LogP contribution in [-0.2, 0) is 11.2 Å². The van der Waals surface area contributed by atoms with Crippen LogP contribution in [0.5, 0.6) is 0 Å². The second-order valence-electron chi connectivity index (χ2n) is 6.66. The first-order chi connectivity index (χ1) is 9.97. The molecule has 0 amide bonds. The Hall–Kier alpha value is -1.06. The van der Waals surface area contributed by atoms with Crippen molar-refractivity contribution in [3.63, 3.8) is 0 Å². The standard InChI is InChI=1S/C18H30N2O/c1-5-16(19)12-15-7-8-17(11-14(15)2)20-10-6-9-18(3,13-20)21-4/h7-8,11,16H,5-6,9-10,12-13,19H2,1-4H3. The monoisotopic (exact) mass is 290 g/mol. The van der Waals surface area contributed by atoms with Crippen LogP contribution >= 0.6 is 0 Å². The molecule has 0 saturated carbocycles. The van der Waals surface area contributed by atoms with Crippen molar-refractivity contribution in [3.05, 3.63) is 29.3 Å². The van der Waals surface area contributed by atoms with Crippen molar-refractivity contribution in [1.82, 2.24) is 0 Å². The average Bonchev–Trinajstić information content (AvgIpc) is 2.49. The SMILES string of the molecule is CCC(N)Cc1ccc(N2CCCC(C)(OC)C2)cc1C. The smallest absolute Gasteiger partial charge is 0.0825 e. The maximum absolute atomic E-state index is 6.08. The Morgan fingerprint density at radius 3 is 2.81 bits per heavy atom. The van der Waals surface area contributed by atoms with Crippen molar-refractivity contribution in [2.75, 3.05) is 25.1 Å². The number of hydrogen-bond donors (Lipinski definition) is 1. The average molecular weight is 290 g/mol. The molecule has 2 unspecified atom stereocenters. The molecule has 1 aromatic rings. The lowest BCUT2D eigenvalue weighted by molar-refractivity contribution is -0.00465. The molecule has 2 rings (SSSR count). The predicted molar refractivity (Wildman–Crippen MR) is 90.0 cm³/mol. The molecule has 2 N–H and O–H groups in total. The topological polar surface area (TPSA) is 38.5 Å². The molecule has 0 aromatic heterocycles. The largest absolute Gasteiger partial charge is 0.377 e. The number of aryl methyl sites for hydroxylation is 1. The van der Waals surface area contributed by atoms with Crippen molar-refractivity contribution >= 4 is 5.69 Å². The number of ether oxygens (including phenoxy) is 1. The third kappa shape index (κ3) is 3.98. The summed E-state index contributed by atoms with van der Waals surface area (Å²) < 4.78 is 5.69. The van der Waals surface area contributed by atoms with Gasteiger partial charge in [-0.25, -0.2) is 0 Å². The second-order valence-corrected chi connectivity index (χ2v) is 6.66. The molecule has 21 heavy (non-hydrogen) atoms. The van der Waals surface area contributed by atoms with Gasteiger partial charge in [-0.1, -0.05) is 13.0 Å². The predicted octanol–water partition coefficient (Wildman–Crippen LogP) is 3.28. The summed E-state index contributed by atoms with van der Waals surface area (Å²) in [4.78, 5) is 2.45. The van der Waals surface area contributed by atoms with Crippen LogP contribution in [0.1, 0.15) is 44.2 Å². The first-order valence-electron chi connectivity index (χ1n) is 8.12. The Morgan fingerprint density at radius 1 is 1.43 bits per heavy atom. The molecule has 2 atom stereocenters. The van der Waals surface area contributed by atoms with Crippen molar-refractivity contribution in [2.24, 2.45) is 5.73 Å². The Kier molecular flexibility index (Phi) is 5.28. The molecule has 0 radical (unpaired) electrons. The summed E-state index contributed by atoms with van der Waals surface area (Å²) in [6, 6.07) is 7.06. The van der Waals surface area contributed by atoms with Gasteiger partial charge in [-0.05, 0) is 62.8 Å². The lowest BCUT2D eigenvalue weighted by Gasteiger charge is -2.40. The highest BCUT2D eigenvalue weighted by Crippen LogP contribution is 2.29. The summed E-state index contributed by atoms with van der Waals surface area (Å²) in [5.74, 6) is 0. The van der Waals surface area contributed by atoms with E-state index in [1.807, 2.05) is 7.11 Å². The molecular formula is C18H30N2O. The minimum absolute atomic E-state index is 0.0185. The van der Waals surface area contributed by atoms with Gasteiger partial charge in [0, 0.05) is 31.9 Å². The molecule has 0 aliphatic carbocycles. The normalized spacial score (nSPS) is 24.1. The van der Waals surface area contributed by atoms with Gasteiger partial charge in [-0.3, -0.25) is 0 Å². The number of benzene rings is 1. The van der Waals surface area contributed by atoms with Gasteiger partial charge in [0.15, 0.2) is 0 Å². The quantitative estimate of drug-likeness (QED) is 0.904. The minimum atomic E-state index is -0.0185. The van der Waals surface area contributed by atoms with E-state index in [9.17, 15) is 0 Å². The fourth-order valence-electron chi connectivity index (χ4n) is 3.13. The highest BCUT2D eigenvalue weighted by Gasteiger charge is 2.30.